The molecule has 2 aromatic heterocycles. The van der Waals surface area contributed by atoms with E-state index in [-0.39, 0.29) is 18.6 Å². The number of aromatic nitrogens is 2. The van der Waals surface area contributed by atoms with Gasteiger partial charge in [0.2, 0.25) is 0 Å². The number of imidazole rings is 1. The summed E-state index contributed by atoms with van der Waals surface area (Å²) in [4.78, 5) is 16.2. The minimum atomic E-state index is -0.115. The average Bonchev–Trinajstić information content (AvgIpc) is 2.86. The Hall–Kier alpha value is -1.53. The summed E-state index contributed by atoms with van der Waals surface area (Å²) in [5, 5.41) is 11.9. The molecule has 0 saturated carbocycles. The van der Waals surface area contributed by atoms with Gasteiger partial charge in [0.25, 0.3) is 5.91 Å². The zero-order valence-electron chi connectivity index (χ0n) is 10.7. The second kappa shape index (κ2) is 6.58. The van der Waals surface area contributed by atoms with Crippen molar-refractivity contribution in [3.63, 3.8) is 0 Å². The number of pyridine rings is 1. The predicted molar refractivity (Wildman–Crippen MR) is 76.5 cm³/mol. The number of fused-ring (bicyclic) bond motifs is 1. The van der Waals surface area contributed by atoms with Gasteiger partial charge in [-0.25, -0.2) is 4.98 Å². The highest BCUT2D eigenvalue weighted by Crippen LogP contribution is 2.08. The van der Waals surface area contributed by atoms with Crippen LogP contribution in [0.2, 0.25) is 0 Å². The van der Waals surface area contributed by atoms with Crippen LogP contribution in [0.25, 0.3) is 5.52 Å². The van der Waals surface area contributed by atoms with Crippen molar-refractivity contribution in [2.24, 2.45) is 0 Å². The van der Waals surface area contributed by atoms with E-state index in [2.05, 4.69) is 10.3 Å². The van der Waals surface area contributed by atoms with E-state index in [0.29, 0.717) is 12.0 Å². The van der Waals surface area contributed by atoms with Crippen molar-refractivity contribution in [3.05, 3.63) is 36.4 Å². The SMILES string of the molecule is CSCC(CCO)NC(=O)c1ccn2cncc2c1. The summed E-state index contributed by atoms with van der Waals surface area (Å²) in [7, 11) is 0. The van der Waals surface area contributed by atoms with E-state index in [1.807, 2.05) is 16.9 Å². The number of nitrogens with zero attached hydrogens (tertiary/aromatic N) is 2. The third-order valence-corrected chi connectivity index (χ3v) is 3.59. The maximum atomic E-state index is 12.1. The van der Waals surface area contributed by atoms with Crippen molar-refractivity contribution in [1.82, 2.24) is 14.7 Å². The van der Waals surface area contributed by atoms with Crippen molar-refractivity contribution in [1.29, 1.82) is 0 Å². The average molecular weight is 279 g/mol. The van der Waals surface area contributed by atoms with Crippen molar-refractivity contribution < 1.29 is 9.90 Å². The molecule has 102 valence electrons. The predicted octanol–water partition coefficient (Wildman–Crippen LogP) is 1.18. The van der Waals surface area contributed by atoms with Gasteiger partial charge in [0.15, 0.2) is 0 Å². The number of hydrogen-bond acceptors (Lipinski definition) is 4. The fourth-order valence-corrected chi connectivity index (χ4v) is 2.54. The van der Waals surface area contributed by atoms with E-state index >= 15 is 0 Å². The van der Waals surface area contributed by atoms with Gasteiger partial charge in [0.1, 0.15) is 0 Å². The molecule has 2 heterocycles. The Morgan fingerprint density at radius 3 is 3.21 bits per heavy atom. The molecule has 1 atom stereocenters. The number of nitrogens with one attached hydrogen (secondary N) is 1. The Labute approximate surface area is 116 Å². The Morgan fingerprint density at radius 2 is 2.47 bits per heavy atom. The summed E-state index contributed by atoms with van der Waals surface area (Å²) in [5.74, 6) is 0.678. The molecule has 2 aromatic rings. The van der Waals surface area contributed by atoms with Gasteiger partial charge in [-0.1, -0.05) is 0 Å². The van der Waals surface area contributed by atoms with Crippen LogP contribution in [0.15, 0.2) is 30.9 Å². The summed E-state index contributed by atoms with van der Waals surface area (Å²) < 4.78 is 1.85. The molecule has 0 bridgehead atoms. The molecule has 19 heavy (non-hydrogen) atoms. The number of hydrogen-bond donors (Lipinski definition) is 2. The van der Waals surface area contributed by atoms with Crippen LogP contribution in [0, 0.1) is 0 Å². The third-order valence-electron chi connectivity index (χ3n) is 2.86. The summed E-state index contributed by atoms with van der Waals surface area (Å²) >= 11 is 1.65. The molecule has 0 aliphatic rings. The summed E-state index contributed by atoms with van der Waals surface area (Å²) in [5.41, 5.74) is 1.49. The zero-order chi connectivity index (χ0) is 13.7. The molecule has 1 unspecified atom stereocenters. The Balaban J connectivity index is 2.09. The Kier molecular flexibility index (Phi) is 4.81. The number of rotatable bonds is 6. The van der Waals surface area contributed by atoms with Crippen LogP contribution in [-0.4, -0.2) is 45.1 Å². The molecular weight excluding hydrogens is 262 g/mol. The smallest absolute Gasteiger partial charge is 0.251 e. The van der Waals surface area contributed by atoms with Crippen LogP contribution in [0.5, 0.6) is 0 Å². The first-order valence-electron chi connectivity index (χ1n) is 6.07. The van der Waals surface area contributed by atoms with Crippen molar-refractivity contribution >= 4 is 23.2 Å². The second-order valence-electron chi connectivity index (χ2n) is 4.28. The van der Waals surface area contributed by atoms with Gasteiger partial charge in [0, 0.05) is 30.2 Å². The highest BCUT2D eigenvalue weighted by molar-refractivity contribution is 7.98. The van der Waals surface area contributed by atoms with Gasteiger partial charge in [-0.15, -0.1) is 0 Å². The summed E-state index contributed by atoms with van der Waals surface area (Å²) in [6.45, 7) is 0.0766. The number of amides is 1. The monoisotopic (exact) mass is 279 g/mol. The number of carbonyl (C=O) groups is 1. The lowest BCUT2D eigenvalue weighted by Gasteiger charge is -2.16. The van der Waals surface area contributed by atoms with Crippen molar-refractivity contribution in [2.75, 3.05) is 18.6 Å². The van der Waals surface area contributed by atoms with E-state index in [1.165, 1.54) is 0 Å². The molecule has 1 amide bonds. The lowest BCUT2D eigenvalue weighted by atomic mass is 10.2. The quantitative estimate of drug-likeness (QED) is 0.833. The topological polar surface area (TPSA) is 66.6 Å². The molecule has 0 aromatic carbocycles. The molecule has 0 saturated heterocycles. The zero-order valence-corrected chi connectivity index (χ0v) is 11.6. The van der Waals surface area contributed by atoms with Gasteiger partial charge in [-0.3, -0.25) is 4.79 Å². The highest BCUT2D eigenvalue weighted by atomic mass is 32.2. The van der Waals surface area contributed by atoms with Gasteiger partial charge in [-0.2, -0.15) is 11.8 Å². The van der Waals surface area contributed by atoms with Gasteiger partial charge < -0.3 is 14.8 Å². The normalized spacial score (nSPS) is 12.5. The maximum absolute atomic E-state index is 12.1. The number of thioether (sulfide) groups is 1. The minimum Gasteiger partial charge on any atom is -0.396 e. The van der Waals surface area contributed by atoms with Gasteiger partial charge in [-0.05, 0) is 24.8 Å². The first kappa shape index (κ1) is 13.9. The fraction of sp³-hybridized carbons (Fsp3) is 0.385. The molecule has 0 spiro atoms. The van der Waals surface area contributed by atoms with Crippen LogP contribution >= 0.6 is 11.8 Å². The summed E-state index contributed by atoms with van der Waals surface area (Å²) in [6, 6.07) is 3.56. The molecule has 0 aliphatic heterocycles. The Morgan fingerprint density at radius 1 is 1.63 bits per heavy atom. The first-order chi connectivity index (χ1) is 9.24. The molecule has 0 radical (unpaired) electrons. The lowest BCUT2D eigenvalue weighted by molar-refractivity contribution is 0.0935. The minimum absolute atomic E-state index is 0.00589. The number of carbonyl (C=O) groups excluding carboxylic acids is 1. The van der Waals surface area contributed by atoms with Crippen molar-refractivity contribution in [3.8, 4) is 0 Å². The molecule has 0 fully saturated rings. The third kappa shape index (κ3) is 3.48. The van der Waals surface area contributed by atoms with E-state index in [9.17, 15) is 4.79 Å². The van der Waals surface area contributed by atoms with Crippen LogP contribution in [0.1, 0.15) is 16.8 Å². The van der Waals surface area contributed by atoms with Gasteiger partial charge >= 0.3 is 0 Å². The van der Waals surface area contributed by atoms with Crippen LogP contribution in [0.4, 0.5) is 0 Å². The molecule has 6 heteroatoms. The van der Waals surface area contributed by atoms with Crippen LogP contribution < -0.4 is 5.32 Å². The van der Waals surface area contributed by atoms with E-state index in [1.54, 1.807) is 36.4 Å². The van der Waals surface area contributed by atoms with Crippen LogP contribution in [-0.2, 0) is 0 Å². The van der Waals surface area contributed by atoms with Crippen LogP contribution in [0.3, 0.4) is 0 Å². The molecule has 5 nitrogen and oxygen atoms in total. The maximum Gasteiger partial charge on any atom is 0.251 e. The van der Waals surface area contributed by atoms with E-state index in [4.69, 9.17) is 5.11 Å². The van der Waals surface area contributed by atoms with E-state index in [0.717, 1.165) is 11.3 Å². The van der Waals surface area contributed by atoms with E-state index < -0.39 is 0 Å². The molecule has 2 N–H and O–H groups in total. The summed E-state index contributed by atoms with van der Waals surface area (Å²) in [6.07, 6.45) is 7.77. The lowest BCUT2D eigenvalue weighted by Crippen LogP contribution is -2.37. The fourth-order valence-electron chi connectivity index (χ4n) is 1.88. The first-order valence-corrected chi connectivity index (χ1v) is 7.46. The van der Waals surface area contributed by atoms with Gasteiger partial charge in [0.05, 0.1) is 18.0 Å². The van der Waals surface area contributed by atoms with Crippen molar-refractivity contribution in [2.45, 2.75) is 12.5 Å². The standard InChI is InChI=1S/C13H17N3O2S/c1-19-8-11(3-5-17)15-13(18)10-2-4-16-9-14-7-12(16)6-10/h2,4,6-7,9,11,17H,3,5,8H2,1H3,(H,15,18). The highest BCUT2D eigenvalue weighted by Gasteiger charge is 2.13. The largest absolute Gasteiger partial charge is 0.396 e. The molecule has 0 aliphatic carbocycles. The molecule has 2 rings (SSSR count). The molecular formula is C13H17N3O2S. The second-order valence-corrected chi connectivity index (χ2v) is 5.19. The number of aliphatic hydroxyl groups excluding tert-OH is 1. The Bertz CT molecular complexity index is 550. The number of aliphatic hydroxyl groups is 1.